The first-order valence-electron chi connectivity index (χ1n) is 9.06. The van der Waals surface area contributed by atoms with Gasteiger partial charge in [0.15, 0.2) is 6.61 Å². The number of para-hydroxylation sites is 1. The maximum Gasteiger partial charge on any atom is 0.312 e. The van der Waals surface area contributed by atoms with Gasteiger partial charge in [-0.25, -0.2) is 5.10 Å². The zero-order valence-corrected chi connectivity index (χ0v) is 15.3. The molecular formula is C21H19N3O4. The van der Waals surface area contributed by atoms with Crippen molar-refractivity contribution in [3.63, 3.8) is 0 Å². The lowest BCUT2D eigenvalue weighted by Gasteiger charge is -2.22. The molecule has 2 heterocycles. The molecule has 1 aliphatic rings. The number of benzene rings is 2. The molecule has 1 amide bonds. The number of ether oxygens (including phenoxy) is 1. The zero-order valence-electron chi connectivity index (χ0n) is 15.3. The predicted molar refractivity (Wildman–Crippen MR) is 104 cm³/mol. The van der Waals surface area contributed by atoms with E-state index in [1.165, 1.54) is 0 Å². The van der Waals surface area contributed by atoms with E-state index < -0.39 is 5.97 Å². The Balaban J connectivity index is 1.44. The number of carbonyl (C=O) groups is 2. The van der Waals surface area contributed by atoms with Crippen molar-refractivity contribution in [2.24, 2.45) is 0 Å². The van der Waals surface area contributed by atoms with Gasteiger partial charge < -0.3 is 9.64 Å². The molecule has 0 saturated carbocycles. The lowest BCUT2D eigenvalue weighted by Crippen LogP contribution is -2.38. The van der Waals surface area contributed by atoms with E-state index in [0.29, 0.717) is 16.5 Å². The lowest BCUT2D eigenvalue weighted by atomic mass is 10.1. The average molecular weight is 377 g/mol. The number of carbonyl (C=O) groups excluding carboxylic acids is 2. The van der Waals surface area contributed by atoms with Crippen molar-refractivity contribution < 1.29 is 14.3 Å². The third-order valence-corrected chi connectivity index (χ3v) is 4.92. The van der Waals surface area contributed by atoms with Crippen molar-refractivity contribution in [1.29, 1.82) is 0 Å². The van der Waals surface area contributed by atoms with Crippen LogP contribution in [-0.4, -0.2) is 34.7 Å². The van der Waals surface area contributed by atoms with Crippen LogP contribution in [0.25, 0.3) is 10.8 Å². The summed E-state index contributed by atoms with van der Waals surface area (Å²) < 4.78 is 5.20. The molecule has 142 valence electrons. The van der Waals surface area contributed by atoms with Gasteiger partial charge in [-0.2, -0.15) is 5.10 Å². The highest BCUT2D eigenvalue weighted by molar-refractivity contribution is 5.98. The molecule has 7 nitrogen and oxygen atoms in total. The first-order valence-corrected chi connectivity index (χ1v) is 9.06. The number of rotatable bonds is 4. The van der Waals surface area contributed by atoms with Crippen LogP contribution in [0.3, 0.4) is 0 Å². The van der Waals surface area contributed by atoms with E-state index >= 15 is 0 Å². The number of nitrogens with zero attached hydrogens (tertiary/aromatic N) is 2. The Morgan fingerprint density at radius 3 is 2.68 bits per heavy atom. The normalized spacial score (nSPS) is 15.5. The third-order valence-electron chi connectivity index (χ3n) is 4.92. The second-order valence-corrected chi connectivity index (χ2v) is 6.83. The van der Waals surface area contributed by atoms with Crippen molar-refractivity contribution in [3.8, 4) is 0 Å². The third kappa shape index (κ3) is 3.26. The summed E-state index contributed by atoms with van der Waals surface area (Å²) in [5.41, 5.74) is 2.07. The number of hydrogen-bond donors (Lipinski definition) is 1. The minimum atomic E-state index is -0.571. The van der Waals surface area contributed by atoms with Gasteiger partial charge in [0.2, 0.25) is 0 Å². The topological polar surface area (TPSA) is 92.4 Å². The van der Waals surface area contributed by atoms with E-state index in [4.69, 9.17) is 4.74 Å². The molecule has 0 unspecified atom stereocenters. The van der Waals surface area contributed by atoms with Crippen LogP contribution in [0, 0.1) is 0 Å². The van der Waals surface area contributed by atoms with Gasteiger partial charge in [0, 0.05) is 17.1 Å². The molecule has 1 N–H and O–H groups in total. The molecule has 3 aromatic rings. The minimum absolute atomic E-state index is 0.0217. The Kier molecular flexibility index (Phi) is 4.65. The number of amides is 1. The van der Waals surface area contributed by atoms with Crippen molar-refractivity contribution in [2.75, 3.05) is 11.5 Å². The maximum atomic E-state index is 12.6. The van der Waals surface area contributed by atoms with Gasteiger partial charge in [-0.05, 0) is 31.0 Å². The first kappa shape index (κ1) is 17.9. The minimum Gasteiger partial charge on any atom is -0.455 e. The zero-order chi connectivity index (χ0) is 19.7. The maximum absolute atomic E-state index is 12.6. The molecule has 1 aromatic heterocycles. The van der Waals surface area contributed by atoms with E-state index in [1.54, 1.807) is 29.2 Å². The standard InChI is InChI=1S/C21H19N3O4/c1-13-10-14-6-2-5-9-18(14)24(13)19(25)12-28-20(26)11-17-15-7-3-4-8-16(15)21(27)23-22-17/h2-9,13H,10-12H2,1H3,(H,23,27)/t13-/m0/s1. The molecule has 7 heteroatoms. The number of hydrogen-bond acceptors (Lipinski definition) is 5. The Morgan fingerprint density at radius 2 is 1.86 bits per heavy atom. The van der Waals surface area contributed by atoms with Gasteiger partial charge in [-0.1, -0.05) is 36.4 Å². The summed E-state index contributed by atoms with van der Waals surface area (Å²) in [6.45, 7) is 1.63. The number of H-pyrrole nitrogens is 1. The molecule has 0 radical (unpaired) electrons. The van der Waals surface area contributed by atoms with E-state index in [9.17, 15) is 14.4 Å². The van der Waals surface area contributed by atoms with Gasteiger partial charge in [0.05, 0.1) is 17.5 Å². The van der Waals surface area contributed by atoms with Crippen LogP contribution < -0.4 is 10.5 Å². The van der Waals surface area contributed by atoms with Gasteiger partial charge in [-0.15, -0.1) is 0 Å². The van der Waals surface area contributed by atoms with Crippen LogP contribution in [0.2, 0.25) is 0 Å². The fourth-order valence-electron chi connectivity index (χ4n) is 3.65. The molecule has 28 heavy (non-hydrogen) atoms. The SMILES string of the molecule is C[C@H]1Cc2ccccc2N1C(=O)COC(=O)Cc1n[nH]c(=O)c2ccccc12. The number of fused-ring (bicyclic) bond motifs is 2. The molecule has 2 aromatic carbocycles. The fourth-order valence-corrected chi connectivity index (χ4v) is 3.65. The van der Waals surface area contributed by atoms with Gasteiger partial charge >= 0.3 is 5.97 Å². The second kappa shape index (κ2) is 7.26. The Labute approximate surface area is 160 Å². The van der Waals surface area contributed by atoms with Gasteiger partial charge in [0.1, 0.15) is 0 Å². The van der Waals surface area contributed by atoms with Crippen LogP contribution in [-0.2, 0) is 27.2 Å². The number of esters is 1. The van der Waals surface area contributed by atoms with E-state index in [-0.39, 0.29) is 30.5 Å². The summed E-state index contributed by atoms with van der Waals surface area (Å²) in [7, 11) is 0. The lowest BCUT2D eigenvalue weighted by molar-refractivity contribution is -0.147. The quantitative estimate of drug-likeness (QED) is 0.702. The highest BCUT2D eigenvalue weighted by atomic mass is 16.5. The average Bonchev–Trinajstić information content (AvgIpc) is 3.04. The highest BCUT2D eigenvalue weighted by Crippen LogP contribution is 2.31. The highest BCUT2D eigenvalue weighted by Gasteiger charge is 2.31. The molecule has 0 bridgehead atoms. The summed E-state index contributed by atoms with van der Waals surface area (Å²) in [6, 6.07) is 14.7. The summed E-state index contributed by atoms with van der Waals surface area (Å²) >= 11 is 0. The molecule has 1 aliphatic heterocycles. The molecule has 1 atom stereocenters. The smallest absolute Gasteiger partial charge is 0.312 e. The van der Waals surface area contributed by atoms with E-state index in [0.717, 1.165) is 17.7 Å². The fraction of sp³-hybridized carbons (Fsp3) is 0.238. The Bertz CT molecular complexity index is 1120. The van der Waals surface area contributed by atoms with Crippen LogP contribution in [0.15, 0.2) is 53.3 Å². The Hall–Kier alpha value is -3.48. The van der Waals surface area contributed by atoms with E-state index in [2.05, 4.69) is 10.2 Å². The molecule has 4 rings (SSSR count). The second-order valence-electron chi connectivity index (χ2n) is 6.83. The van der Waals surface area contributed by atoms with Gasteiger partial charge in [-0.3, -0.25) is 14.4 Å². The van der Waals surface area contributed by atoms with Crippen molar-refractivity contribution in [3.05, 3.63) is 70.1 Å². The van der Waals surface area contributed by atoms with Crippen LogP contribution in [0.5, 0.6) is 0 Å². The molecule has 0 saturated heterocycles. The van der Waals surface area contributed by atoms with Crippen LogP contribution in [0.1, 0.15) is 18.2 Å². The molecule has 0 spiro atoms. The van der Waals surface area contributed by atoms with Crippen LogP contribution in [0.4, 0.5) is 5.69 Å². The molecule has 0 fully saturated rings. The summed E-state index contributed by atoms with van der Waals surface area (Å²) in [5, 5.41) is 7.40. The Morgan fingerprint density at radius 1 is 1.14 bits per heavy atom. The number of aromatic nitrogens is 2. The van der Waals surface area contributed by atoms with Crippen molar-refractivity contribution in [2.45, 2.75) is 25.8 Å². The number of aromatic amines is 1. The summed E-state index contributed by atoms with van der Waals surface area (Å²) in [4.78, 5) is 38.4. The number of nitrogens with one attached hydrogen (secondary N) is 1. The summed E-state index contributed by atoms with van der Waals surface area (Å²) in [6.07, 6.45) is 0.653. The molecular weight excluding hydrogens is 358 g/mol. The van der Waals surface area contributed by atoms with Gasteiger partial charge in [0.25, 0.3) is 11.5 Å². The van der Waals surface area contributed by atoms with Crippen molar-refractivity contribution in [1.82, 2.24) is 10.2 Å². The van der Waals surface area contributed by atoms with Crippen LogP contribution >= 0.6 is 0 Å². The summed E-state index contributed by atoms with van der Waals surface area (Å²) in [5.74, 6) is -0.830. The monoisotopic (exact) mass is 377 g/mol. The predicted octanol–water partition coefficient (Wildman–Crippen LogP) is 1.99. The number of anilines is 1. The largest absolute Gasteiger partial charge is 0.455 e. The molecule has 0 aliphatic carbocycles. The van der Waals surface area contributed by atoms with Crippen molar-refractivity contribution >= 4 is 28.3 Å². The first-order chi connectivity index (χ1) is 13.5. The van der Waals surface area contributed by atoms with E-state index in [1.807, 2.05) is 31.2 Å².